The molecule has 0 aliphatic heterocycles. The number of benzene rings is 4. The van der Waals surface area contributed by atoms with Crippen LogP contribution in [-0.2, 0) is 0 Å². The summed E-state index contributed by atoms with van der Waals surface area (Å²) in [6.07, 6.45) is 0. The average molecular weight is 250 g/mol. The molecule has 0 saturated heterocycles. The van der Waals surface area contributed by atoms with Crippen molar-refractivity contribution in [1.29, 1.82) is 0 Å². The summed E-state index contributed by atoms with van der Waals surface area (Å²) in [5.41, 5.74) is 0. The van der Waals surface area contributed by atoms with Crippen molar-refractivity contribution in [2.45, 2.75) is 0 Å². The van der Waals surface area contributed by atoms with E-state index in [1.165, 1.54) is 43.0 Å². The van der Waals surface area contributed by atoms with E-state index in [1.54, 1.807) is 0 Å². The summed E-state index contributed by atoms with van der Waals surface area (Å²) < 4.78 is 0. The van der Waals surface area contributed by atoms with E-state index in [1.807, 2.05) is 0 Å². The monoisotopic (exact) mass is 250 g/mol. The van der Waals surface area contributed by atoms with Crippen molar-refractivity contribution < 1.29 is 0 Å². The van der Waals surface area contributed by atoms with Gasteiger partial charge >= 0.3 is 117 Å². The van der Waals surface area contributed by atoms with Crippen LogP contribution in [0.4, 0.5) is 0 Å². The van der Waals surface area contributed by atoms with E-state index in [2.05, 4.69) is 73.5 Å². The molecule has 1 heterocycles. The van der Waals surface area contributed by atoms with Gasteiger partial charge in [0.1, 0.15) is 0 Å². The van der Waals surface area contributed by atoms with Crippen molar-refractivity contribution in [3.63, 3.8) is 0 Å². The number of hydrogen-bond acceptors (Lipinski definition) is 0. The summed E-state index contributed by atoms with van der Waals surface area (Å²) in [4.78, 5) is 0. The molecule has 90 valence electrons. The molecule has 0 amide bonds. The minimum absolute atomic E-state index is 1.33. The maximum absolute atomic E-state index is 2.25. The van der Waals surface area contributed by atoms with E-state index in [4.69, 9.17) is 0 Å². The fourth-order valence-corrected chi connectivity index (χ4v) is 3.56. The van der Waals surface area contributed by atoms with Gasteiger partial charge in [-0.1, -0.05) is 0 Å². The topological polar surface area (TPSA) is 0 Å². The summed E-state index contributed by atoms with van der Waals surface area (Å²) in [6.45, 7) is 2.25. The van der Waals surface area contributed by atoms with E-state index in [0.29, 0.717) is 0 Å². The Morgan fingerprint density at radius 2 is 1.30 bits per heavy atom. The van der Waals surface area contributed by atoms with Gasteiger partial charge in [-0.05, 0) is 0 Å². The molecule has 5 aromatic rings. The van der Waals surface area contributed by atoms with Gasteiger partial charge in [-0.3, -0.25) is 0 Å². The zero-order valence-corrected chi connectivity index (χ0v) is 10.9. The second-order valence-corrected chi connectivity index (χ2v) is 5.42. The van der Waals surface area contributed by atoms with Crippen LogP contribution in [0.3, 0.4) is 0 Å². The molecule has 0 unspecified atom stereocenters. The summed E-state index contributed by atoms with van der Waals surface area (Å²) in [7, 11) is 0. The van der Waals surface area contributed by atoms with Crippen LogP contribution in [0, 0.1) is 0 Å². The first-order valence-electron chi connectivity index (χ1n) is 6.98. The molecule has 0 spiro atoms. The molecule has 0 nitrogen and oxygen atoms in total. The third-order valence-electron chi connectivity index (χ3n) is 4.39. The SMILES string of the molecule is b1ccc2ccc3cccc4c5ccccc5c1c2c34. The molecule has 4 aromatic carbocycles. The Morgan fingerprint density at radius 3 is 2.20 bits per heavy atom. The van der Waals surface area contributed by atoms with Crippen LogP contribution < -0.4 is 0 Å². The van der Waals surface area contributed by atoms with Gasteiger partial charge in [0, 0.05) is 0 Å². The van der Waals surface area contributed by atoms with Crippen molar-refractivity contribution in [3.8, 4) is 0 Å². The number of hydrogen-bond donors (Lipinski definition) is 0. The Bertz CT molecular complexity index is 1000. The Balaban J connectivity index is 2.33. The van der Waals surface area contributed by atoms with Gasteiger partial charge in [0.15, 0.2) is 0 Å². The zero-order valence-electron chi connectivity index (χ0n) is 10.9. The zero-order chi connectivity index (χ0) is 13.1. The first kappa shape index (κ1) is 10.4. The molecule has 0 bridgehead atoms. The molecule has 0 aliphatic rings. The van der Waals surface area contributed by atoms with Crippen molar-refractivity contribution in [1.82, 2.24) is 0 Å². The average Bonchev–Trinajstić information content (AvgIpc) is 2.53. The Morgan fingerprint density at radius 1 is 0.550 bits per heavy atom. The van der Waals surface area contributed by atoms with E-state index >= 15 is 0 Å². The molecule has 1 heteroatoms. The molecule has 0 aliphatic carbocycles. The van der Waals surface area contributed by atoms with Crippen LogP contribution in [0.25, 0.3) is 43.0 Å². The van der Waals surface area contributed by atoms with E-state index in [0.717, 1.165) is 0 Å². The molecule has 0 radical (unpaired) electrons. The minimum atomic E-state index is 1.33. The Kier molecular flexibility index (Phi) is 1.86. The van der Waals surface area contributed by atoms with Crippen LogP contribution in [0.1, 0.15) is 0 Å². The Labute approximate surface area is 117 Å². The van der Waals surface area contributed by atoms with Gasteiger partial charge in [0.05, 0.1) is 0 Å². The van der Waals surface area contributed by atoms with Crippen LogP contribution in [0.2, 0.25) is 0 Å². The molecule has 0 saturated carbocycles. The van der Waals surface area contributed by atoms with Crippen LogP contribution in [-0.4, -0.2) is 6.91 Å². The second kappa shape index (κ2) is 3.58. The van der Waals surface area contributed by atoms with Gasteiger partial charge in [-0.25, -0.2) is 0 Å². The molecule has 1 aromatic heterocycles. The number of rotatable bonds is 0. The normalized spacial score (nSPS) is 11.8. The summed E-state index contributed by atoms with van der Waals surface area (Å²) >= 11 is 0. The third-order valence-corrected chi connectivity index (χ3v) is 4.39. The molecule has 20 heavy (non-hydrogen) atoms. The summed E-state index contributed by atoms with van der Waals surface area (Å²) in [6, 6.07) is 22.0. The van der Waals surface area contributed by atoms with Crippen molar-refractivity contribution >= 4 is 49.9 Å². The Hall–Kier alpha value is -2.41. The maximum atomic E-state index is 2.25. The van der Waals surface area contributed by atoms with E-state index in [9.17, 15) is 0 Å². The predicted molar refractivity (Wildman–Crippen MR) is 89.0 cm³/mol. The van der Waals surface area contributed by atoms with Gasteiger partial charge in [-0.15, -0.1) is 0 Å². The van der Waals surface area contributed by atoms with Crippen LogP contribution in [0.15, 0.2) is 66.6 Å². The fourth-order valence-electron chi connectivity index (χ4n) is 3.56. The molecule has 0 fully saturated rings. The van der Waals surface area contributed by atoms with Crippen molar-refractivity contribution in [2.24, 2.45) is 0 Å². The van der Waals surface area contributed by atoms with Gasteiger partial charge in [0.2, 0.25) is 0 Å². The van der Waals surface area contributed by atoms with Crippen molar-refractivity contribution in [3.05, 3.63) is 66.6 Å². The molecule has 0 atom stereocenters. The molecular weight excluding hydrogens is 239 g/mol. The summed E-state index contributed by atoms with van der Waals surface area (Å²) in [5, 5.41) is 10.9. The summed E-state index contributed by atoms with van der Waals surface area (Å²) in [5.74, 6) is 2.16. The number of fused-ring (bicyclic) bond motifs is 3. The fraction of sp³-hybridized carbons (Fsp3) is 0. The first-order valence-corrected chi connectivity index (χ1v) is 6.98. The van der Waals surface area contributed by atoms with Gasteiger partial charge < -0.3 is 0 Å². The third kappa shape index (κ3) is 1.16. The first-order chi connectivity index (χ1) is 9.93. The standard InChI is InChI=1S/C19H11B/c1-2-6-16-14(5-1)15-7-3-4-12-8-9-13-10-11-20-19(16)18(13)17(12)15/h1-11H. The van der Waals surface area contributed by atoms with Crippen LogP contribution in [0.5, 0.6) is 0 Å². The quantitative estimate of drug-likeness (QED) is 0.265. The van der Waals surface area contributed by atoms with Gasteiger partial charge in [0.25, 0.3) is 0 Å². The second-order valence-electron chi connectivity index (χ2n) is 5.42. The van der Waals surface area contributed by atoms with E-state index < -0.39 is 0 Å². The van der Waals surface area contributed by atoms with Crippen molar-refractivity contribution in [2.75, 3.05) is 0 Å². The van der Waals surface area contributed by atoms with Crippen LogP contribution >= 0.6 is 0 Å². The van der Waals surface area contributed by atoms with Gasteiger partial charge in [-0.2, -0.15) is 0 Å². The molecular formula is C19H11B. The molecule has 0 N–H and O–H groups in total. The predicted octanol–water partition coefficient (Wildman–Crippen LogP) is 5.08. The molecule has 5 rings (SSSR count). The van der Waals surface area contributed by atoms with E-state index in [-0.39, 0.29) is 0 Å².